The van der Waals surface area contributed by atoms with Crippen LogP contribution in [-0.4, -0.2) is 59.3 Å². The van der Waals surface area contributed by atoms with E-state index in [-0.39, 0.29) is 11.9 Å². The van der Waals surface area contributed by atoms with E-state index in [0.717, 1.165) is 29.6 Å². The minimum atomic E-state index is -0.570. The van der Waals surface area contributed by atoms with E-state index in [4.69, 9.17) is 0 Å². The summed E-state index contributed by atoms with van der Waals surface area (Å²) in [7, 11) is 0. The number of hydrogen-bond acceptors (Lipinski definition) is 4. The first-order valence-corrected chi connectivity index (χ1v) is 12.3. The van der Waals surface area contributed by atoms with Crippen molar-refractivity contribution < 1.29 is 9.90 Å². The van der Waals surface area contributed by atoms with Crippen LogP contribution in [0.3, 0.4) is 0 Å². The highest BCUT2D eigenvalue weighted by Crippen LogP contribution is 2.28. The van der Waals surface area contributed by atoms with Crippen molar-refractivity contribution in [2.24, 2.45) is 0 Å². The largest absolute Gasteiger partial charge is 0.387 e. The lowest BCUT2D eigenvalue weighted by atomic mass is 9.98. The highest BCUT2D eigenvalue weighted by molar-refractivity contribution is 7.98. The van der Waals surface area contributed by atoms with Gasteiger partial charge in [-0.2, -0.15) is 0 Å². The molecular formula is C27H30N2O2S. The standard InChI is InChI=1S/C27H30N2O2S/c1-20(27(31)24-10-9-23-19-25(32-2)12-11-22(23)18-24)28-14-16-29(17-15-28)26(30)13-8-21-6-4-3-5-7-21/h3-13,18-20,27,31H,14-17H2,1-2H3. The van der Waals surface area contributed by atoms with Gasteiger partial charge in [0, 0.05) is 43.2 Å². The third kappa shape index (κ3) is 5.23. The molecule has 2 atom stereocenters. The van der Waals surface area contributed by atoms with Gasteiger partial charge in [-0.3, -0.25) is 9.69 Å². The van der Waals surface area contributed by atoms with Crippen molar-refractivity contribution in [2.75, 3.05) is 32.4 Å². The third-order valence-corrected chi connectivity index (χ3v) is 7.02. The monoisotopic (exact) mass is 446 g/mol. The van der Waals surface area contributed by atoms with Crippen molar-refractivity contribution in [1.82, 2.24) is 9.80 Å². The average Bonchev–Trinajstić information content (AvgIpc) is 2.86. The molecular weight excluding hydrogens is 416 g/mol. The predicted octanol–water partition coefficient (Wildman–Crippen LogP) is 4.84. The molecule has 0 aliphatic carbocycles. The zero-order valence-corrected chi connectivity index (χ0v) is 19.5. The molecule has 1 heterocycles. The summed E-state index contributed by atoms with van der Waals surface area (Å²) < 4.78 is 0. The Kier molecular flexibility index (Phi) is 7.30. The van der Waals surface area contributed by atoms with E-state index in [1.807, 2.05) is 47.4 Å². The fourth-order valence-corrected chi connectivity index (χ4v) is 4.67. The van der Waals surface area contributed by atoms with Gasteiger partial charge in [0.05, 0.1) is 6.10 Å². The van der Waals surface area contributed by atoms with Gasteiger partial charge in [0.1, 0.15) is 0 Å². The molecule has 0 spiro atoms. The van der Waals surface area contributed by atoms with Crippen LogP contribution in [0.4, 0.5) is 0 Å². The van der Waals surface area contributed by atoms with Crippen LogP contribution in [0.25, 0.3) is 16.8 Å². The molecule has 3 aromatic carbocycles. The number of benzene rings is 3. The number of amides is 1. The number of fused-ring (bicyclic) bond motifs is 1. The molecule has 1 aliphatic rings. The number of rotatable bonds is 6. The minimum absolute atomic E-state index is 0.0185. The van der Waals surface area contributed by atoms with Crippen LogP contribution >= 0.6 is 11.8 Å². The Morgan fingerprint density at radius 3 is 2.38 bits per heavy atom. The molecule has 4 nitrogen and oxygen atoms in total. The molecule has 1 N–H and O–H groups in total. The first-order valence-electron chi connectivity index (χ1n) is 11.1. The molecule has 32 heavy (non-hydrogen) atoms. The second-order valence-corrected chi connectivity index (χ2v) is 9.14. The van der Waals surface area contributed by atoms with Crippen molar-refractivity contribution in [3.05, 3.63) is 83.9 Å². The van der Waals surface area contributed by atoms with Crippen LogP contribution in [0.2, 0.25) is 0 Å². The molecule has 0 radical (unpaired) electrons. The number of carbonyl (C=O) groups excluding carboxylic acids is 1. The summed E-state index contributed by atoms with van der Waals surface area (Å²) in [6, 6.07) is 22.5. The SMILES string of the molecule is CSc1ccc2cc(C(O)C(C)N3CCN(C(=O)C=Cc4ccccc4)CC3)ccc2c1. The first-order chi connectivity index (χ1) is 15.5. The molecule has 1 fully saturated rings. The average molecular weight is 447 g/mol. The lowest BCUT2D eigenvalue weighted by molar-refractivity contribution is -0.128. The van der Waals surface area contributed by atoms with E-state index in [1.54, 1.807) is 17.8 Å². The van der Waals surface area contributed by atoms with Gasteiger partial charge in [-0.1, -0.05) is 48.5 Å². The Labute approximate surface area is 194 Å². The molecule has 1 aliphatic heterocycles. The highest BCUT2D eigenvalue weighted by Gasteiger charge is 2.27. The van der Waals surface area contributed by atoms with Gasteiger partial charge < -0.3 is 10.0 Å². The van der Waals surface area contributed by atoms with Crippen LogP contribution < -0.4 is 0 Å². The summed E-state index contributed by atoms with van der Waals surface area (Å²) in [5.41, 5.74) is 1.96. The molecule has 4 rings (SSSR count). The van der Waals surface area contributed by atoms with E-state index < -0.39 is 6.10 Å². The summed E-state index contributed by atoms with van der Waals surface area (Å²) in [6.07, 6.45) is 5.03. The van der Waals surface area contributed by atoms with Crippen molar-refractivity contribution in [1.29, 1.82) is 0 Å². The van der Waals surface area contributed by atoms with Gasteiger partial charge in [-0.05, 0) is 59.4 Å². The van der Waals surface area contributed by atoms with Crippen LogP contribution in [0.1, 0.15) is 24.2 Å². The van der Waals surface area contributed by atoms with E-state index in [9.17, 15) is 9.90 Å². The Bertz CT molecular complexity index is 1090. The molecule has 166 valence electrons. The van der Waals surface area contributed by atoms with Gasteiger partial charge in [-0.25, -0.2) is 0 Å². The first kappa shape index (κ1) is 22.6. The maximum Gasteiger partial charge on any atom is 0.246 e. The lowest BCUT2D eigenvalue weighted by Crippen LogP contribution is -2.52. The summed E-state index contributed by atoms with van der Waals surface area (Å²) in [4.78, 5) is 17.9. The molecule has 3 aromatic rings. The number of piperazine rings is 1. The highest BCUT2D eigenvalue weighted by atomic mass is 32.2. The van der Waals surface area contributed by atoms with E-state index in [0.29, 0.717) is 13.1 Å². The molecule has 5 heteroatoms. The molecule has 2 unspecified atom stereocenters. The quantitative estimate of drug-likeness (QED) is 0.435. The Hall–Kier alpha value is -2.60. The fraction of sp³-hybridized carbons (Fsp3) is 0.296. The number of thioether (sulfide) groups is 1. The van der Waals surface area contributed by atoms with Crippen molar-refractivity contribution >= 4 is 34.5 Å². The maximum absolute atomic E-state index is 12.5. The Morgan fingerprint density at radius 1 is 0.969 bits per heavy atom. The molecule has 0 bridgehead atoms. The molecule has 0 aromatic heterocycles. The van der Waals surface area contributed by atoms with Crippen LogP contribution in [0.15, 0.2) is 77.7 Å². The van der Waals surface area contributed by atoms with Crippen molar-refractivity contribution in [2.45, 2.75) is 24.0 Å². The summed E-state index contributed by atoms with van der Waals surface area (Å²) in [6.45, 7) is 4.93. The van der Waals surface area contributed by atoms with Gasteiger partial charge in [-0.15, -0.1) is 11.8 Å². The summed E-state index contributed by atoms with van der Waals surface area (Å²) >= 11 is 1.73. The zero-order chi connectivity index (χ0) is 22.5. The Balaban J connectivity index is 1.35. The second-order valence-electron chi connectivity index (χ2n) is 8.26. The topological polar surface area (TPSA) is 43.8 Å². The number of nitrogens with zero attached hydrogens (tertiary/aromatic N) is 2. The number of aliphatic hydroxyl groups excluding tert-OH is 1. The molecule has 1 amide bonds. The predicted molar refractivity (Wildman–Crippen MR) is 134 cm³/mol. The normalized spacial score (nSPS) is 17.0. The van der Waals surface area contributed by atoms with E-state index in [1.165, 1.54) is 10.3 Å². The van der Waals surface area contributed by atoms with Crippen molar-refractivity contribution in [3.63, 3.8) is 0 Å². The summed E-state index contributed by atoms with van der Waals surface area (Å²) in [5.74, 6) is 0.0424. The third-order valence-electron chi connectivity index (χ3n) is 6.29. The lowest BCUT2D eigenvalue weighted by Gasteiger charge is -2.39. The van der Waals surface area contributed by atoms with Crippen LogP contribution in [0.5, 0.6) is 0 Å². The van der Waals surface area contributed by atoms with E-state index >= 15 is 0 Å². The minimum Gasteiger partial charge on any atom is -0.387 e. The molecule has 0 saturated carbocycles. The fourth-order valence-electron chi connectivity index (χ4n) is 4.22. The van der Waals surface area contributed by atoms with Gasteiger partial charge >= 0.3 is 0 Å². The number of carbonyl (C=O) groups is 1. The van der Waals surface area contributed by atoms with E-state index in [2.05, 4.69) is 48.4 Å². The molecule has 1 saturated heterocycles. The number of aliphatic hydroxyl groups is 1. The maximum atomic E-state index is 12.5. The van der Waals surface area contributed by atoms with Crippen LogP contribution in [-0.2, 0) is 4.79 Å². The Morgan fingerprint density at radius 2 is 1.66 bits per heavy atom. The second kappa shape index (κ2) is 10.3. The summed E-state index contributed by atoms with van der Waals surface area (Å²) in [5, 5.41) is 13.4. The van der Waals surface area contributed by atoms with Crippen molar-refractivity contribution in [3.8, 4) is 0 Å². The smallest absolute Gasteiger partial charge is 0.246 e. The van der Waals surface area contributed by atoms with Crippen LogP contribution in [0, 0.1) is 0 Å². The number of hydrogen-bond donors (Lipinski definition) is 1. The van der Waals surface area contributed by atoms with Gasteiger partial charge in [0.15, 0.2) is 0 Å². The van der Waals surface area contributed by atoms with Gasteiger partial charge in [0.25, 0.3) is 0 Å². The van der Waals surface area contributed by atoms with Gasteiger partial charge in [0.2, 0.25) is 5.91 Å². The zero-order valence-electron chi connectivity index (χ0n) is 18.6.